The van der Waals surface area contributed by atoms with Crippen LogP contribution in [0.2, 0.25) is 0 Å². The Labute approximate surface area is 180 Å². The van der Waals surface area contributed by atoms with Gasteiger partial charge in [0.2, 0.25) is 0 Å². The third kappa shape index (κ3) is 4.07. The maximum atomic E-state index is 12.6. The summed E-state index contributed by atoms with van der Waals surface area (Å²) >= 11 is 0. The molecule has 0 saturated carbocycles. The zero-order valence-corrected chi connectivity index (χ0v) is 17.5. The lowest BCUT2D eigenvalue weighted by molar-refractivity contribution is 0.460. The number of benzene rings is 1. The second-order valence-corrected chi connectivity index (χ2v) is 8.12. The number of aryl methyl sites for hydroxylation is 1. The Balaban J connectivity index is 1.52. The highest BCUT2D eigenvalue weighted by molar-refractivity contribution is 5.94. The van der Waals surface area contributed by atoms with Crippen molar-refractivity contribution < 1.29 is 0 Å². The lowest BCUT2D eigenvalue weighted by Gasteiger charge is -2.23. The van der Waals surface area contributed by atoms with Crippen LogP contribution in [-0.4, -0.2) is 28.0 Å². The lowest BCUT2D eigenvalue weighted by Crippen LogP contribution is -2.26. The lowest BCUT2D eigenvalue weighted by atomic mass is 9.90. The third-order valence-corrected chi connectivity index (χ3v) is 5.91. The van der Waals surface area contributed by atoms with Gasteiger partial charge in [-0.15, -0.1) is 0 Å². The van der Waals surface area contributed by atoms with Crippen molar-refractivity contribution >= 4 is 22.3 Å². The molecule has 3 aromatic heterocycles. The van der Waals surface area contributed by atoms with Crippen molar-refractivity contribution in [2.45, 2.75) is 25.7 Å². The smallest absolute Gasteiger partial charge is 0.259 e. The van der Waals surface area contributed by atoms with E-state index in [2.05, 4.69) is 44.9 Å². The number of H-pyrrole nitrogens is 1. The fourth-order valence-corrected chi connectivity index (χ4v) is 4.19. The summed E-state index contributed by atoms with van der Waals surface area (Å²) in [5.41, 5.74) is 4.70. The van der Waals surface area contributed by atoms with E-state index in [1.165, 1.54) is 18.4 Å². The minimum atomic E-state index is -0.165. The summed E-state index contributed by atoms with van der Waals surface area (Å²) in [5, 5.41) is 8.15. The molecule has 5 rings (SSSR count). The average Bonchev–Trinajstić information content (AvgIpc) is 2.80. The molecule has 0 spiro atoms. The van der Waals surface area contributed by atoms with Gasteiger partial charge in [-0.1, -0.05) is 18.2 Å². The van der Waals surface area contributed by atoms with Crippen LogP contribution in [0, 0.1) is 6.92 Å². The van der Waals surface area contributed by atoms with Crippen LogP contribution in [0.5, 0.6) is 0 Å². The van der Waals surface area contributed by atoms with Gasteiger partial charge in [-0.05, 0) is 85.6 Å². The number of piperidine rings is 1. The molecule has 31 heavy (non-hydrogen) atoms. The summed E-state index contributed by atoms with van der Waals surface area (Å²) < 4.78 is 0. The highest BCUT2D eigenvalue weighted by Crippen LogP contribution is 2.29. The number of fused-ring (bicyclic) bond motifs is 1. The van der Waals surface area contributed by atoms with E-state index in [9.17, 15) is 4.79 Å². The van der Waals surface area contributed by atoms with E-state index in [0.29, 0.717) is 17.1 Å². The van der Waals surface area contributed by atoms with Crippen LogP contribution < -0.4 is 16.2 Å². The summed E-state index contributed by atoms with van der Waals surface area (Å²) in [5.74, 6) is 1.14. The predicted octanol–water partition coefficient (Wildman–Crippen LogP) is 4.50. The highest BCUT2D eigenvalue weighted by Gasteiger charge is 2.16. The number of nitrogens with one attached hydrogen (secondary N) is 3. The van der Waals surface area contributed by atoms with Crippen molar-refractivity contribution in [2.75, 3.05) is 18.4 Å². The van der Waals surface area contributed by atoms with Crippen LogP contribution in [0.3, 0.4) is 0 Å². The van der Waals surface area contributed by atoms with Gasteiger partial charge in [0.1, 0.15) is 5.82 Å². The average molecular weight is 412 g/mol. The summed E-state index contributed by atoms with van der Waals surface area (Å²) in [6.07, 6.45) is 5.82. The molecule has 1 aromatic carbocycles. The predicted molar refractivity (Wildman–Crippen MR) is 125 cm³/mol. The quantitative estimate of drug-likeness (QED) is 0.460. The zero-order chi connectivity index (χ0) is 21.2. The van der Waals surface area contributed by atoms with Crippen LogP contribution in [0.4, 0.5) is 11.5 Å². The molecular formula is C25H25N5O. The molecule has 1 saturated heterocycles. The summed E-state index contributed by atoms with van der Waals surface area (Å²) in [6.45, 7) is 4.15. The van der Waals surface area contributed by atoms with Gasteiger partial charge < -0.3 is 15.6 Å². The zero-order valence-electron chi connectivity index (χ0n) is 17.5. The Bertz CT molecular complexity index is 1260. The molecule has 0 radical (unpaired) electrons. The van der Waals surface area contributed by atoms with E-state index >= 15 is 0 Å². The van der Waals surface area contributed by atoms with Crippen molar-refractivity contribution in [3.63, 3.8) is 0 Å². The maximum absolute atomic E-state index is 12.6. The Kier molecular flexibility index (Phi) is 5.22. The SMILES string of the molecule is Cc1ccc(-c2cc3cc[nH]c(=O)c3c(Nc3ccc(C4CCNCC4)cc3)n2)nc1. The van der Waals surface area contributed by atoms with Crippen molar-refractivity contribution in [1.29, 1.82) is 0 Å². The molecule has 3 N–H and O–H groups in total. The van der Waals surface area contributed by atoms with Gasteiger partial charge >= 0.3 is 0 Å². The first kappa shape index (κ1) is 19.5. The molecule has 0 aliphatic carbocycles. The molecule has 6 heteroatoms. The first-order valence-electron chi connectivity index (χ1n) is 10.7. The monoisotopic (exact) mass is 411 g/mol. The Morgan fingerprint density at radius 3 is 2.55 bits per heavy atom. The van der Waals surface area contributed by atoms with Gasteiger partial charge in [-0.25, -0.2) is 4.98 Å². The third-order valence-electron chi connectivity index (χ3n) is 5.91. The van der Waals surface area contributed by atoms with Gasteiger partial charge in [-0.2, -0.15) is 0 Å². The van der Waals surface area contributed by atoms with Crippen molar-refractivity contribution in [2.24, 2.45) is 0 Å². The fourth-order valence-electron chi connectivity index (χ4n) is 4.19. The molecule has 1 fully saturated rings. The molecule has 6 nitrogen and oxygen atoms in total. The molecule has 1 aliphatic heterocycles. The van der Waals surface area contributed by atoms with Gasteiger partial charge in [-0.3, -0.25) is 9.78 Å². The van der Waals surface area contributed by atoms with E-state index < -0.39 is 0 Å². The van der Waals surface area contributed by atoms with E-state index in [1.54, 1.807) is 6.20 Å². The molecule has 0 amide bonds. The van der Waals surface area contributed by atoms with Gasteiger partial charge in [0.15, 0.2) is 0 Å². The number of aromatic amines is 1. The van der Waals surface area contributed by atoms with Gasteiger partial charge in [0.25, 0.3) is 5.56 Å². The summed E-state index contributed by atoms with van der Waals surface area (Å²) in [7, 11) is 0. The Morgan fingerprint density at radius 2 is 1.81 bits per heavy atom. The molecule has 4 heterocycles. The summed E-state index contributed by atoms with van der Waals surface area (Å²) in [4.78, 5) is 24.6. The highest BCUT2D eigenvalue weighted by atomic mass is 16.1. The first-order valence-corrected chi connectivity index (χ1v) is 10.7. The fraction of sp³-hybridized carbons (Fsp3) is 0.240. The largest absolute Gasteiger partial charge is 0.340 e. The summed E-state index contributed by atoms with van der Waals surface area (Å²) in [6, 6.07) is 16.3. The van der Waals surface area contributed by atoms with E-state index in [4.69, 9.17) is 4.98 Å². The first-order chi connectivity index (χ1) is 15.2. The van der Waals surface area contributed by atoms with E-state index in [-0.39, 0.29) is 5.56 Å². The van der Waals surface area contributed by atoms with Crippen LogP contribution in [-0.2, 0) is 0 Å². The Hall–Kier alpha value is -3.51. The topological polar surface area (TPSA) is 82.7 Å². The molecule has 156 valence electrons. The van der Waals surface area contributed by atoms with Gasteiger partial charge in [0, 0.05) is 18.1 Å². The second kappa shape index (κ2) is 8.32. The van der Waals surface area contributed by atoms with E-state index in [0.717, 1.165) is 41.1 Å². The van der Waals surface area contributed by atoms with Gasteiger partial charge in [0.05, 0.1) is 16.8 Å². The van der Waals surface area contributed by atoms with E-state index in [1.807, 2.05) is 37.4 Å². The van der Waals surface area contributed by atoms with Crippen molar-refractivity contribution in [3.8, 4) is 11.4 Å². The van der Waals surface area contributed by atoms with Crippen LogP contribution in [0.1, 0.15) is 29.9 Å². The second-order valence-electron chi connectivity index (χ2n) is 8.12. The molecular weight excluding hydrogens is 386 g/mol. The minimum absolute atomic E-state index is 0.165. The van der Waals surface area contributed by atoms with Crippen LogP contribution in [0.25, 0.3) is 22.2 Å². The number of hydrogen-bond donors (Lipinski definition) is 3. The molecule has 4 aromatic rings. The number of pyridine rings is 3. The Morgan fingerprint density at radius 1 is 1.00 bits per heavy atom. The minimum Gasteiger partial charge on any atom is -0.340 e. The van der Waals surface area contributed by atoms with Crippen molar-refractivity contribution in [3.05, 3.63) is 82.4 Å². The standard InChI is InChI=1S/C25H25N5O/c1-16-2-7-21(28-15-16)22-14-19-10-13-27-25(31)23(19)24(30-22)29-20-5-3-17(4-6-20)18-8-11-26-12-9-18/h2-7,10,13-15,18,26H,8-9,11-12H2,1H3,(H,27,31)(H,29,30). The van der Waals surface area contributed by atoms with Crippen molar-refractivity contribution in [1.82, 2.24) is 20.3 Å². The molecule has 1 aliphatic rings. The maximum Gasteiger partial charge on any atom is 0.259 e. The van der Waals surface area contributed by atoms with Crippen LogP contribution >= 0.6 is 0 Å². The number of hydrogen-bond acceptors (Lipinski definition) is 5. The number of anilines is 2. The number of aromatic nitrogens is 3. The number of nitrogens with zero attached hydrogens (tertiary/aromatic N) is 2. The molecule has 0 atom stereocenters. The molecule has 0 unspecified atom stereocenters. The normalized spacial score (nSPS) is 14.6. The van der Waals surface area contributed by atoms with Crippen LogP contribution in [0.15, 0.2) is 65.7 Å². The number of rotatable bonds is 4. The molecule has 0 bridgehead atoms.